The average Bonchev–Trinajstić information content (AvgIpc) is 3.23. The normalized spacial score (nSPS) is 12.5. The van der Waals surface area contributed by atoms with Gasteiger partial charge >= 0.3 is 0 Å². The smallest absolute Gasteiger partial charge is 0.259 e. The summed E-state index contributed by atoms with van der Waals surface area (Å²) in [5, 5.41) is 22.7. The van der Waals surface area contributed by atoms with Crippen molar-refractivity contribution < 1.29 is 19.5 Å². The molecule has 3 aromatic rings. The van der Waals surface area contributed by atoms with E-state index < -0.39 is 6.10 Å². The summed E-state index contributed by atoms with van der Waals surface area (Å²) in [5.41, 5.74) is 5.79. The molecule has 0 saturated heterocycles. The Morgan fingerprint density at radius 3 is 2.24 bits per heavy atom. The van der Waals surface area contributed by atoms with Crippen molar-refractivity contribution in [2.75, 3.05) is 13.2 Å². The summed E-state index contributed by atoms with van der Waals surface area (Å²) in [4.78, 5) is 9.36. The van der Waals surface area contributed by atoms with Crippen molar-refractivity contribution in [3.63, 3.8) is 0 Å². The maximum atomic E-state index is 9.56. The fourth-order valence-corrected chi connectivity index (χ4v) is 3.84. The van der Waals surface area contributed by atoms with Gasteiger partial charge in [-0.1, -0.05) is 32.9 Å². The number of benzene rings is 1. The van der Waals surface area contributed by atoms with Crippen LogP contribution >= 0.6 is 0 Å². The van der Waals surface area contributed by atoms with Crippen LogP contribution in [0.1, 0.15) is 50.1 Å². The molecule has 2 heterocycles. The SMILES string of the molecule is Cc1cc(-c2noc(-c3cnc(CC(C)C)c(CC(C)C)c3)n2)cc(C)c1OC[C@@H](O)CO. The third-order valence-corrected chi connectivity index (χ3v) is 5.31. The number of rotatable bonds is 10. The molecule has 2 aromatic heterocycles. The largest absolute Gasteiger partial charge is 0.490 e. The minimum Gasteiger partial charge on any atom is -0.490 e. The number of pyridine rings is 1. The first-order valence-electron chi connectivity index (χ1n) is 11.5. The van der Waals surface area contributed by atoms with Gasteiger partial charge in [-0.05, 0) is 73.4 Å². The van der Waals surface area contributed by atoms with E-state index in [-0.39, 0.29) is 13.2 Å². The second-order valence-electron chi connectivity index (χ2n) is 9.54. The van der Waals surface area contributed by atoms with Gasteiger partial charge in [0.1, 0.15) is 18.5 Å². The standard InChI is InChI=1S/C26H35N3O4/c1-15(2)7-19-11-21(12-27-23(19)8-16(3)4)26-28-25(29-33-26)20-9-17(5)24(18(6)10-20)32-14-22(31)13-30/h9-12,15-16,22,30-31H,7-8,13-14H2,1-6H3/t22-/m0/s1. The van der Waals surface area contributed by atoms with E-state index >= 15 is 0 Å². The number of aromatic nitrogens is 3. The van der Waals surface area contributed by atoms with Crippen molar-refractivity contribution in [2.45, 2.75) is 60.5 Å². The second-order valence-corrected chi connectivity index (χ2v) is 9.54. The van der Waals surface area contributed by atoms with E-state index in [1.54, 1.807) is 0 Å². The van der Waals surface area contributed by atoms with Gasteiger partial charge in [0.15, 0.2) is 0 Å². The van der Waals surface area contributed by atoms with Gasteiger partial charge in [0.25, 0.3) is 5.89 Å². The lowest BCUT2D eigenvalue weighted by molar-refractivity contribution is 0.0532. The lowest BCUT2D eigenvalue weighted by atomic mass is 9.96. The number of aliphatic hydroxyl groups excluding tert-OH is 2. The fourth-order valence-electron chi connectivity index (χ4n) is 3.84. The van der Waals surface area contributed by atoms with Crippen LogP contribution in [0.15, 0.2) is 28.9 Å². The molecule has 0 aliphatic rings. The van der Waals surface area contributed by atoms with E-state index in [0.717, 1.165) is 40.8 Å². The molecular formula is C26H35N3O4. The van der Waals surface area contributed by atoms with Gasteiger partial charge in [0.2, 0.25) is 5.82 Å². The van der Waals surface area contributed by atoms with Crippen molar-refractivity contribution in [2.24, 2.45) is 11.8 Å². The molecule has 0 fully saturated rings. The molecule has 3 rings (SSSR count). The molecule has 1 atom stereocenters. The minimum atomic E-state index is -0.913. The van der Waals surface area contributed by atoms with Crippen LogP contribution in [0.25, 0.3) is 22.8 Å². The first-order valence-corrected chi connectivity index (χ1v) is 11.5. The van der Waals surface area contributed by atoms with Gasteiger partial charge in [-0.3, -0.25) is 4.98 Å². The zero-order valence-electron chi connectivity index (χ0n) is 20.4. The number of hydrogen-bond donors (Lipinski definition) is 2. The Hall–Kier alpha value is -2.77. The molecule has 7 heteroatoms. The molecule has 178 valence electrons. The number of nitrogens with zero attached hydrogens (tertiary/aromatic N) is 3. The number of aryl methyl sites for hydroxylation is 2. The number of aliphatic hydroxyl groups is 2. The Balaban J connectivity index is 1.87. The molecule has 33 heavy (non-hydrogen) atoms. The van der Waals surface area contributed by atoms with E-state index in [2.05, 4.69) is 43.9 Å². The summed E-state index contributed by atoms with van der Waals surface area (Å²) in [6, 6.07) is 5.98. The van der Waals surface area contributed by atoms with Crippen LogP contribution < -0.4 is 4.74 Å². The summed E-state index contributed by atoms with van der Waals surface area (Å²) >= 11 is 0. The predicted octanol–water partition coefficient (Wildman–Crippen LogP) is 4.54. The Labute approximate surface area is 195 Å². The van der Waals surface area contributed by atoms with Crippen molar-refractivity contribution >= 4 is 0 Å². The molecule has 7 nitrogen and oxygen atoms in total. The van der Waals surface area contributed by atoms with Gasteiger partial charge in [-0.25, -0.2) is 0 Å². The fraction of sp³-hybridized carbons (Fsp3) is 0.500. The number of ether oxygens (including phenoxy) is 1. The zero-order chi connectivity index (χ0) is 24.1. The van der Waals surface area contributed by atoms with Gasteiger partial charge in [0, 0.05) is 17.5 Å². The van der Waals surface area contributed by atoms with E-state index in [1.807, 2.05) is 32.2 Å². The Kier molecular flexibility index (Phi) is 8.21. The molecule has 0 aliphatic carbocycles. The summed E-state index contributed by atoms with van der Waals surface area (Å²) in [6.07, 6.45) is 2.80. The van der Waals surface area contributed by atoms with Crippen molar-refractivity contribution in [1.29, 1.82) is 0 Å². The van der Waals surface area contributed by atoms with Gasteiger partial charge in [-0.15, -0.1) is 0 Å². The molecular weight excluding hydrogens is 418 g/mol. The second kappa shape index (κ2) is 10.9. The van der Waals surface area contributed by atoms with E-state index in [0.29, 0.717) is 29.3 Å². The van der Waals surface area contributed by atoms with Gasteiger partial charge < -0.3 is 19.5 Å². The van der Waals surface area contributed by atoms with Crippen LogP contribution in [0.3, 0.4) is 0 Å². The first kappa shape index (κ1) is 24.9. The highest BCUT2D eigenvalue weighted by atomic mass is 16.5. The van der Waals surface area contributed by atoms with Crippen molar-refractivity contribution in [1.82, 2.24) is 15.1 Å². The maximum Gasteiger partial charge on any atom is 0.259 e. The lowest BCUT2D eigenvalue weighted by Gasteiger charge is -2.15. The summed E-state index contributed by atoms with van der Waals surface area (Å²) in [7, 11) is 0. The van der Waals surface area contributed by atoms with Crippen LogP contribution in [-0.2, 0) is 12.8 Å². The average molecular weight is 454 g/mol. The third-order valence-electron chi connectivity index (χ3n) is 5.31. The molecule has 0 aliphatic heterocycles. The van der Waals surface area contributed by atoms with Crippen molar-refractivity contribution in [3.05, 3.63) is 46.8 Å². The Morgan fingerprint density at radius 1 is 0.970 bits per heavy atom. The van der Waals surface area contributed by atoms with Crippen LogP contribution in [0.5, 0.6) is 5.75 Å². The third kappa shape index (κ3) is 6.39. The highest BCUT2D eigenvalue weighted by molar-refractivity contribution is 5.63. The molecule has 0 amide bonds. The van der Waals surface area contributed by atoms with Crippen molar-refractivity contribution in [3.8, 4) is 28.6 Å². The van der Waals surface area contributed by atoms with E-state index in [4.69, 9.17) is 19.4 Å². The van der Waals surface area contributed by atoms with Crippen LogP contribution in [0, 0.1) is 25.7 Å². The Morgan fingerprint density at radius 2 is 1.64 bits per heavy atom. The first-order chi connectivity index (χ1) is 15.7. The molecule has 0 unspecified atom stereocenters. The quantitative estimate of drug-likeness (QED) is 0.464. The molecule has 0 radical (unpaired) electrons. The zero-order valence-corrected chi connectivity index (χ0v) is 20.4. The predicted molar refractivity (Wildman–Crippen MR) is 128 cm³/mol. The molecule has 1 aromatic carbocycles. The summed E-state index contributed by atoms with van der Waals surface area (Å²) in [6.45, 7) is 12.4. The van der Waals surface area contributed by atoms with Crippen LogP contribution in [-0.4, -0.2) is 44.7 Å². The van der Waals surface area contributed by atoms with Crippen LogP contribution in [0.4, 0.5) is 0 Å². The molecule has 2 N–H and O–H groups in total. The van der Waals surface area contributed by atoms with E-state index in [1.165, 1.54) is 5.56 Å². The molecule has 0 bridgehead atoms. The lowest BCUT2D eigenvalue weighted by Crippen LogP contribution is -2.21. The topological polar surface area (TPSA) is 102 Å². The molecule has 0 saturated carbocycles. The van der Waals surface area contributed by atoms with Gasteiger partial charge in [0.05, 0.1) is 12.2 Å². The highest BCUT2D eigenvalue weighted by Gasteiger charge is 2.17. The van der Waals surface area contributed by atoms with Gasteiger partial charge in [-0.2, -0.15) is 4.98 Å². The Bertz CT molecular complexity index is 1050. The summed E-state index contributed by atoms with van der Waals surface area (Å²) in [5.74, 6) is 2.68. The summed E-state index contributed by atoms with van der Waals surface area (Å²) < 4.78 is 11.3. The maximum absolute atomic E-state index is 9.56. The minimum absolute atomic E-state index is 0.0302. The number of hydrogen-bond acceptors (Lipinski definition) is 7. The van der Waals surface area contributed by atoms with Crippen LogP contribution in [0.2, 0.25) is 0 Å². The van der Waals surface area contributed by atoms with E-state index in [9.17, 15) is 5.11 Å². The molecule has 0 spiro atoms. The monoisotopic (exact) mass is 453 g/mol. The highest BCUT2D eigenvalue weighted by Crippen LogP contribution is 2.31.